The van der Waals surface area contributed by atoms with E-state index in [0.717, 1.165) is 31.0 Å². The second-order valence-electron chi connectivity index (χ2n) is 5.46. The fourth-order valence-electron chi connectivity index (χ4n) is 2.70. The molecule has 2 rings (SSSR count). The molecule has 1 heterocycles. The van der Waals surface area contributed by atoms with E-state index in [-0.39, 0.29) is 36.4 Å². The van der Waals surface area contributed by atoms with Gasteiger partial charge in [0.1, 0.15) is 11.6 Å². The second kappa shape index (κ2) is 6.31. The number of halogens is 2. The standard InChI is InChI=1S/C15H20F2N2O/c1-10-8-13(18)6-7-19(10)15(20)5-2-11-9-12(16)3-4-14(11)17/h3-4,9-10,13H,2,5-8,18H2,1H3. The molecular formula is C15H20F2N2O. The summed E-state index contributed by atoms with van der Waals surface area (Å²) in [6, 6.07) is 3.59. The molecule has 110 valence electrons. The van der Waals surface area contributed by atoms with Crippen LogP contribution in [-0.4, -0.2) is 29.4 Å². The Morgan fingerprint density at radius 1 is 1.45 bits per heavy atom. The van der Waals surface area contributed by atoms with Crippen LogP contribution in [0.4, 0.5) is 8.78 Å². The van der Waals surface area contributed by atoms with E-state index in [2.05, 4.69) is 0 Å². The van der Waals surface area contributed by atoms with E-state index in [1.165, 1.54) is 0 Å². The number of likely N-dealkylation sites (tertiary alicyclic amines) is 1. The second-order valence-corrected chi connectivity index (χ2v) is 5.46. The summed E-state index contributed by atoms with van der Waals surface area (Å²) in [5, 5.41) is 0. The number of piperidine rings is 1. The molecular weight excluding hydrogens is 262 g/mol. The molecule has 0 aromatic heterocycles. The van der Waals surface area contributed by atoms with Crippen LogP contribution in [-0.2, 0) is 11.2 Å². The summed E-state index contributed by atoms with van der Waals surface area (Å²) in [6.07, 6.45) is 2.00. The molecule has 1 amide bonds. The van der Waals surface area contributed by atoms with E-state index < -0.39 is 11.6 Å². The SMILES string of the molecule is CC1CC(N)CCN1C(=O)CCc1cc(F)ccc1F. The quantitative estimate of drug-likeness (QED) is 0.924. The maximum absolute atomic E-state index is 13.5. The Kier molecular flexibility index (Phi) is 4.70. The zero-order chi connectivity index (χ0) is 14.7. The minimum absolute atomic E-state index is 0.0203. The smallest absolute Gasteiger partial charge is 0.223 e. The number of carbonyl (C=O) groups is 1. The number of hydrogen-bond acceptors (Lipinski definition) is 2. The van der Waals surface area contributed by atoms with E-state index in [9.17, 15) is 13.6 Å². The van der Waals surface area contributed by atoms with E-state index in [0.29, 0.717) is 6.54 Å². The molecule has 2 atom stereocenters. The Morgan fingerprint density at radius 2 is 2.20 bits per heavy atom. The van der Waals surface area contributed by atoms with Crippen molar-refractivity contribution in [3.63, 3.8) is 0 Å². The van der Waals surface area contributed by atoms with Crippen molar-refractivity contribution >= 4 is 5.91 Å². The van der Waals surface area contributed by atoms with Crippen LogP contribution in [0.3, 0.4) is 0 Å². The van der Waals surface area contributed by atoms with E-state index >= 15 is 0 Å². The first-order valence-electron chi connectivity index (χ1n) is 6.96. The average Bonchev–Trinajstić information content (AvgIpc) is 2.39. The highest BCUT2D eigenvalue weighted by Crippen LogP contribution is 2.18. The van der Waals surface area contributed by atoms with Crippen LogP contribution in [0.15, 0.2) is 18.2 Å². The maximum atomic E-state index is 13.5. The van der Waals surface area contributed by atoms with Gasteiger partial charge in [0.25, 0.3) is 0 Å². The van der Waals surface area contributed by atoms with Crippen LogP contribution in [0.2, 0.25) is 0 Å². The topological polar surface area (TPSA) is 46.3 Å². The van der Waals surface area contributed by atoms with Crippen LogP contribution < -0.4 is 5.73 Å². The largest absolute Gasteiger partial charge is 0.340 e. The fraction of sp³-hybridized carbons (Fsp3) is 0.533. The lowest BCUT2D eigenvalue weighted by molar-refractivity contribution is -0.134. The third-order valence-electron chi connectivity index (χ3n) is 3.85. The number of nitrogens with two attached hydrogens (primary N) is 1. The van der Waals surface area contributed by atoms with Crippen LogP contribution in [0, 0.1) is 11.6 Å². The lowest BCUT2D eigenvalue weighted by Crippen LogP contribution is -2.48. The van der Waals surface area contributed by atoms with E-state index in [1.54, 1.807) is 4.90 Å². The first-order chi connectivity index (χ1) is 9.47. The molecule has 1 saturated heterocycles. The molecule has 1 aromatic rings. The molecule has 1 fully saturated rings. The van der Waals surface area contributed by atoms with Gasteiger partial charge >= 0.3 is 0 Å². The lowest BCUT2D eigenvalue weighted by Gasteiger charge is -2.36. The summed E-state index contributed by atoms with van der Waals surface area (Å²) in [4.78, 5) is 13.9. The predicted molar refractivity (Wildman–Crippen MR) is 73.1 cm³/mol. The summed E-state index contributed by atoms with van der Waals surface area (Å²) in [5.74, 6) is -0.966. The molecule has 0 spiro atoms. The highest BCUT2D eigenvalue weighted by molar-refractivity contribution is 5.76. The Hall–Kier alpha value is -1.49. The van der Waals surface area contributed by atoms with E-state index in [4.69, 9.17) is 5.73 Å². The molecule has 0 aliphatic carbocycles. The molecule has 1 aromatic carbocycles. The molecule has 3 nitrogen and oxygen atoms in total. The highest BCUT2D eigenvalue weighted by Gasteiger charge is 2.26. The number of nitrogens with zero attached hydrogens (tertiary/aromatic N) is 1. The van der Waals surface area contributed by atoms with Gasteiger partial charge in [0.15, 0.2) is 0 Å². The van der Waals surface area contributed by atoms with Crippen molar-refractivity contribution < 1.29 is 13.6 Å². The Bertz CT molecular complexity index is 493. The zero-order valence-electron chi connectivity index (χ0n) is 11.6. The summed E-state index contributed by atoms with van der Waals surface area (Å²) < 4.78 is 26.5. The van der Waals surface area contributed by atoms with Gasteiger partial charge in [-0.3, -0.25) is 4.79 Å². The summed E-state index contributed by atoms with van der Waals surface area (Å²) >= 11 is 0. The predicted octanol–water partition coefficient (Wildman–Crippen LogP) is 2.24. The van der Waals surface area contributed by atoms with Crippen molar-refractivity contribution in [1.29, 1.82) is 0 Å². The number of carbonyl (C=O) groups excluding carboxylic acids is 1. The van der Waals surface area contributed by atoms with Crippen LogP contribution in [0.1, 0.15) is 31.7 Å². The molecule has 0 bridgehead atoms. The van der Waals surface area contributed by atoms with Crippen LogP contribution >= 0.6 is 0 Å². The third kappa shape index (κ3) is 3.54. The Balaban J connectivity index is 1.93. The van der Waals surface area contributed by atoms with Gasteiger partial charge in [-0.15, -0.1) is 0 Å². The van der Waals surface area contributed by atoms with Gasteiger partial charge < -0.3 is 10.6 Å². The first kappa shape index (κ1) is 14.9. The molecule has 0 radical (unpaired) electrons. The normalized spacial score (nSPS) is 22.9. The number of rotatable bonds is 3. The van der Waals surface area contributed by atoms with Gasteiger partial charge in [-0.25, -0.2) is 8.78 Å². The van der Waals surface area contributed by atoms with Crippen molar-refractivity contribution in [1.82, 2.24) is 4.90 Å². The van der Waals surface area contributed by atoms with Gasteiger partial charge in [0.05, 0.1) is 0 Å². The minimum Gasteiger partial charge on any atom is -0.340 e. The molecule has 20 heavy (non-hydrogen) atoms. The first-order valence-corrected chi connectivity index (χ1v) is 6.96. The average molecular weight is 282 g/mol. The number of amides is 1. The van der Waals surface area contributed by atoms with Gasteiger partial charge in [0, 0.05) is 25.0 Å². The fourth-order valence-corrected chi connectivity index (χ4v) is 2.70. The van der Waals surface area contributed by atoms with Crippen molar-refractivity contribution in [2.45, 2.75) is 44.7 Å². The molecule has 1 aliphatic rings. The summed E-state index contributed by atoms with van der Waals surface area (Å²) in [5.41, 5.74) is 6.11. The van der Waals surface area contributed by atoms with Gasteiger partial charge in [-0.05, 0) is 49.9 Å². The van der Waals surface area contributed by atoms with Crippen molar-refractivity contribution in [3.8, 4) is 0 Å². The summed E-state index contributed by atoms with van der Waals surface area (Å²) in [7, 11) is 0. The molecule has 0 saturated carbocycles. The number of hydrogen-bond donors (Lipinski definition) is 1. The molecule has 2 unspecified atom stereocenters. The molecule has 1 aliphatic heterocycles. The van der Waals surface area contributed by atoms with Crippen LogP contribution in [0.5, 0.6) is 0 Å². The third-order valence-corrected chi connectivity index (χ3v) is 3.85. The van der Waals surface area contributed by atoms with E-state index in [1.807, 2.05) is 6.92 Å². The number of aryl methyl sites for hydroxylation is 1. The monoisotopic (exact) mass is 282 g/mol. The van der Waals surface area contributed by atoms with Gasteiger partial charge in [-0.2, -0.15) is 0 Å². The van der Waals surface area contributed by atoms with Crippen LogP contribution in [0.25, 0.3) is 0 Å². The Morgan fingerprint density at radius 3 is 2.90 bits per heavy atom. The van der Waals surface area contributed by atoms with Crippen molar-refractivity contribution in [3.05, 3.63) is 35.4 Å². The van der Waals surface area contributed by atoms with Gasteiger partial charge in [-0.1, -0.05) is 0 Å². The van der Waals surface area contributed by atoms with Gasteiger partial charge in [0.2, 0.25) is 5.91 Å². The maximum Gasteiger partial charge on any atom is 0.223 e. The highest BCUT2D eigenvalue weighted by atomic mass is 19.1. The lowest BCUT2D eigenvalue weighted by atomic mass is 9.98. The molecule has 5 heteroatoms. The van der Waals surface area contributed by atoms with Crippen molar-refractivity contribution in [2.75, 3.05) is 6.54 Å². The zero-order valence-corrected chi connectivity index (χ0v) is 11.6. The Labute approximate surface area is 117 Å². The van der Waals surface area contributed by atoms with Crippen molar-refractivity contribution in [2.24, 2.45) is 5.73 Å². The number of benzene rings is 1. The summed E-state index contributed by atoms with van der Waals surface area (Å²) in [6.45, 7) is 2.62. The molecule has 2 N–H and O–H groups in total. The minimum atomic E-state index is -0.480.